The Bertz CT molecular complexity index is 551. The first-order valence-corrected chi connectivity index (χ1v) is 6.80. The fourth-order valence-electron chi connectivity index (χ4n) is 1.67. The first-order chi connectivity index (χ1) is 10.1. The third-order valence-electron chi connectivity index (χ3n) is 2.79. The van der Waals surface area contributed by atoms with Crippen LogP contribution in [0.1, 0.15) is 25.0 Å². The van der Waals surface area contributed by atoms with Gasteiger partial charge in [-0.3, -0.25) is 4.79 Å². The number of carbonyl (C=O) groups is 1. The van der Waals surface area contributed by atoms with Gasteiger partial charge in [-0.25, -0.2) is 4.68 Å². The molecule has 2 rings (SSSR count). The first kappa shape index (κ1) is 15.1. The van der Waals surface area contributed by atoms with Crippen LogP contribution in [0, 0.1) is 0 Å². The zero-order valence-corrected chi connectivity index (χ0v) is 12.2. The van der Waals surface area contributed by atoms with E-state index in [4.69, 9.17) is 4.74 Å². The van der Waals surface area contributed by atoms with Gasteiger partial charge >= 0.3 is 0 Å². The van der Waals surface area contributed by atoms with Crippen LogP contribution in [0.25, 0.3) is 0 Å². The molecule has 0 aliphatic heterocycles. The lowest BCUT2D eigenvalue weighted by Crippen LogP contribution is -2.27. The predicted molar refractivity (Wildman–Crippen MR) is 76.0 cm³/mol. The number of amides is 1. The molecule has 0 spiro atoms. The van der Waals surface area contributed by atoms with Crippen LogP contribution in [0.2, 0.25) is 0 Å². The Morgan fingerprint density at radius 1 is 1.29 bits per heavy atom. The van der Waals surface area contributed by atoms with Crippen LogP contribution in [0.4, 0.5) is 0 Å². The molecule has 21 heavy (non-hydrogen) atoms. The maximum absolute atomic E-state index is 11.7. The summed E-state index contributed by atoms with van der Waals surface area (Å²) in [6.45, 7) is 5.21. The molecule has 0 unspecified atom stereocenters. The van der Waals surface area contributed by atoms with E-state index in [9.17, 15) is 4.79 Å². The number of ether oxygens (including phenoxy) is 1. The van der Waals surface area contributed by atoms with Crippen LogP contribution >= 0.6 is 0 Å². The van der Waals surface area contributed by atoms with Gasteiger partial charge in [-0.15, -0.1) is 5.10 Å². The highest BCUT2D eigenvalue weighted by Crippen LogP contribution is 2.07. The van der Waals surface area contributed by atoms with E-state index in [1.165, 1.54) is 11.0 Å². The highest BCUT2D eigenvalue weighted by atomic mass is 16.5. The standard InChI is InChI=1S/C14H19N5O2/c1-11(2)21-9-13-5-3-12(4-6-13)7-15-14(20)8-19-10-16-17-18-19/h3-6,10-11H,7-9H2,1-2H3,(H,15,20). The second-order valence-corrected chi connectivity index (χ2v) is 4.96. The van der Waals surface area contributed by atoms with Gasteiger partial charge in [0, 0.05) is 6.54 Å². The number of aromatic nitrogens is 4. The van der Waals surface area contributed by atoms with Gasteiger partial charge in [-0.05, 0) is 35.4 Å². The van der Waals surface area contributed by atoms with Gasteiger partial charge in [0.25, 0.3) is 0 Å². The fraction of sp³-hybridized carbons (Fsp3) is 0.429. The molecule has 0 aliphatic rings. The van der Waals surface area contributed by atoms with E-state index in [-0.39, 0.29) is 18.6 Å². The van der Waals surface area contributed by atoms with Gasteiger partial charge in [0.15, 0.2) is 0 Å². The summed E-state index contributed by atoms with van der Waals surface area (Å²) in [7, 11) is 0. The van der Waals surface area contributed by atoms with Crippen molar-refractivity contribution in [1.82, 2.24) is 25.5 Å². The molecule has 1 heterocycles. The number of tetrazole rings is 1. The monoisotopic (exact) mass is 289 g/mol. The van der Waals surface area contributed by atoms with Crippen LogP contribution in [-0.2, 0) is 29.2 Å². The van der Waals surface area contributed by atoms with Crippen LogP contribution in [0.5, 0.6) is 0 Å². The molecule has 0 radical (unpaired) electrons. The van der Waals surface area contributed by atoms with Crippen LogP contribution in [0.15, 0.2) is 30.6 Å². The minimum atomic E-state index is -0.130. The third kappa shape index (κ3) is 5.31. The van der Waals surface area contributed by atoms with Crippen molar-refractivity contribution in [2.45, 2.75) is 39.6 Å². The Kier molecular flexibility index (Phi) is 5.39. The largest absolute Gasteiger partial charge is 0.374 e. The predicted octanol–water partition coefficient (Wildman–Crippen LogP) is 0.914. The normalized spacial score (nSPS) is 10.8. The number of rotatable bonds is 7. The van der Waals surface area contributed by atoms with Crippen LogP contribution in [-0.4, -0.2) is 32.2 Å². The Morgan fingerprint density at radius 2 is 2.00 bits per heavy atom. The highest BCUT2D eigenvalue weighted by molar-refractivity contribution is 5.75. The second kappa shape index (κ2) is 7.49. The van der Waals surface area contributed by atoms with Crippen molar-refractivity contribution in [3.8, 4) is 0 Å². The van der Waals surface area contributed by atoms with Crippen LogP contribution < -0.4 is 5.32 Å². The number of nitrogens with zero attached hydrogens (tertiary/aromatic N) is 4. The summed E-state index contributed by atoms with van der Waals surface area (Å²) >= 11 is 0. The lowest BCUT2D eigenvalue weighted by molar-refractivity contribution is -0.122. The molecule has 1 aromatic heterocycles. The van der Waals surface area contributed by atoms with Crippen molar-refractivity contribution in [3.05, 3.63) is 41.7 Å². The molecular weight excluding hydrogens is 270 g/mol. The van der Waals surface area contributed by atoms with E-state index in [2.05, 4.69) is 20.8 Å². The lowest BCUT2D eigenvalue weighted by Gasteiger charge is -2.09. The zero-order chi connectivity index (χ0) is 15.1. The SMILES string of the molecule is CC(C)OCc1ccc(CNC(=O)Cn2cnnn2)cc1. The fourth-order valence-corrected chi connectivity index (χ4v) is 1.67. The smallest absolute Gasteiger partial charge is 0.242 e. The van der Waals surface area contributed by atoms with E-state index < -0.39 is 0 Å². The molecule has 0 fully saturated rings. The third-order valence-corrected chi connectivity index (χ3v) is 2.79. The number of hydrogen-bond donors (Lipinski definition) is 1. The highest BCUT2D eigenvalue weighted by Gasteiger charge is 2.04. The molecule has 2 aromatic rings. The summed E-state index contributed by atoms with van der Waals surface area (Å²) in [6, 6.07) is 7.98. The van der Waals surface area contributed by atoms with Gasteiger partial charge in [0.2, 0.25) is 5.91 Å². The number of carbonyl (C=O) groups excluding carboxylic acids is 1. The average molecular weight is 289 g/mol. The topological polar surface area (TPSA) is 81.9 Å². The van der Waals surface area contributed by atoms with Gasteiger partial charge in [0.05, 0.1) is 12.7 Å². The van der Waals surface area contributed by atoms with Crippen LogP contribution in [0.3, 0.4) is 0 Å². The van der Waals surface area contributed by atoms with Gasteiger partial charge in [-0.1, -0.05) is 24.3 Å². The molecule has 7 nitrogen and oxygen atoms in total. The lowest BCUT2D eigenvalue weighted by atomic mass is 10.1. The Hall–Kier alpha value is -2.28. The molecule has 1 amide bonds. The number of nitrogens with one attached hydrogen (secondary N) is 1. The van der Waals surface area contributed by atoms with Crippen molar-refractivity contribution in [2.75, 3.05) is 0 Å². The molecule has 0 aliphatic carbocycles. The quantitative estimate of drug-likeness (QED) is 0.819. The molecule has 112 valence electrons. The minimum Gasteiger partial charge on any atom is -0.374 e. The summed E-state index contributed by atoms with van der Waals surface area (Å²) in [6.07, 6.45) is 1.62. The summed E-state index contributed by atoms with van der Waals surface area (Å²) < 4.78 is 6.91. The molecule has 7 heteroatoms. The van der Waals surface area contributed by atoms with Crippen molar-refractivity contribution >= 4 is 5.91 Å². The van der Waals surface area contributed by atoms with Gasteiger partial charge in [-0.2, -0.15) is 0 Å². The Balaban J connectivity index is 1.76. The Labute approximate surface area is 123 Å². The minimum absolute atomic E-state index is 0.118. The van der Waals surface area contributed by atoms with Crippen molar-refractivity contribution in [3.63, 3.8) is 0 Å². The second-order valence-electron chi connectivity index (χ2n) is 4.96. The van der Waals surface area contributed by atoms with E-state index in [0.29, 0.717) is 13.2 Å². The van der Waals surface area contributed by atoms with Crippen molar-refractivity contribution in [1.29, 1.82) is 0 Å². The van der Waals surface area contributed by atoms with Crippen molar-refractivity contribution < 1.29 is 9.53 Å². The first-order valence-electron chi connectivity index (χ1n) is 6.80. The molecule has 0 saturated carbocycles. The average Bonchev–Trinajstić information content (AvgIpc) is 2.97. The van der Waals surface area contributed by atoms with Crippen molar-refractivity contribution in [2.24, 2.45) is 0 Å². The van der Waals surface area contributed by atoms with Gasteiger partial charge in [0.1, 0.15) is 12.9 Å². The number of hydrogen-bond acceptors (Lipinski definition) is 5. The Morgan fingerprint density at radius 3 is 2.62 bits per heavy atom. The molecule has 1 aromatic carbocycles. The van der Waals surface area contributed by atoms with Gasteiger partial charge < -0.3 is 10.1 Å². The summed E-state index contributed by atoms with van der Waals surface area (Å²) in [4.78, 5) is 11.7. The molecule has 0 saturated heterocycles. The maximum atomic E-state index is 11.7. The molecule has 1 N–H and O–H groups in total. The molecular formula is C14H19N5O2. The molecule has 0 atom stereocenters. The maximum Gasteiger partial charge on any atom is 0.242 e. The summed E-state index contributed by atoms with van der Waals surface area (Å²) in [5, 5.41) is 13.4. The van der Waals surface area contributed by atoms with E-state index in [0.717, 1.165) is 11.1 Å². The number of benzene rings is 1. The molecule has 0 bridgehead atoms. The summed E-state index contributed by atoms with van der Waals surface area (Å²) in [5.74, 6) is -0.130. The summed E-state index contributed by atoms with van der Waals surface area (Å²) in [5.41, 5.74) is 2.15. The zero-order valence-electron chi connectivity index (χ0n) is 12.2. The van der Waals surface area contributed by atoms with E-state index >= 15 is 0 Å². The van der Waals surface area contributed by atoms with E-state index in [1.54, 1.807) is 0 Å². The van der Waals surface area contributed by atoms with E-state index in [1.807, 2.05) is 38.1 Å².